The Balaban J connectivity index is 2.10. The molecule has 1 saturated heterocycles. The van der Waals surface area contributed by atoms with Gasteiger partial charge in [-0.15, -0.1) is 0 Å². The van der Waals surface area contributed by atoms with Crippen molar-refractivity contribution in [3.63, 3.8) is 0 Å². The Bertz CT molecular complexity index is 521. The summed E-state index contributed by atoms with van der Waals surface area (Å²) in [6.07, 6.45) is 0.190. The number of ether oxygens (including phenoxy) is 1. The summed E-state index contributed by atoms with van der Waals surface area (Å²) < 4.78 is 35.2. The second-order valence-corrected chi connectivity index (χ2v) is 6.45. The SMILES string of the molecule is CCC(OS(=O)(=O)c1ccc(C)cc1)N1CCOCC1. The molecule has 1 aromatic rings. The summed E-state index contributed by atoms with van der Waals surface area (Å²) in [5.74, 6) is 0. The van der Waals surface area contributed by atoms with Crippen molar-refractivity contribution in [2.45, 2.75) is 31.4 Å². The minimum absolute atomic E-state index is 0.204. The number of benzene rings is 1. The molecule has 1 heterocycles. The summed E-state index contributed by atoms with van der Waals surface area (Å²) in [4.78, 5) is 2.21. The second-order valence-electron chi connectivity index (χ2n) is 4.87. The van der Waals surface area contributed by atoms with E-state index in [1.807, 2.05) is 18.7 Å². The smallest absolute Gasteiger partial charge is 0.298 e. The topological polar surface area (TPSA) is 55.8 Å². The zero-order valence-electron chi connectivity index (χ0n) is 11.9. The van der Waals surface area contributed by atoms with E-state index >= 15 is 0 Å². The number of morpholine rings is 1. The van der Waals surface area contributed by atoms with Gasteiger partial charge >= 0.3 is 0 Å². The van der Waals surface area contributed by atoms with Crippen molar-refractivity contribution in [1.82, 2.24) is 4.90 Å². The first-order valence-electron chi connectivity index (χ1n) is 6.84. The molecule has 1 aromatic carbocycles. The van der Waals surface area contributed by atoms with Crippen molar-refractivity contribution in [3.8, 4) is 0 Å². The third-order valence-corrected chi connectivity index (χ3v) is 4.67. The molecule has 0 aliphatic carbocycles. The van der Waals surface area contributed by atoms with Crippen molar-refractivity contribution in [2.75, 3.05) is 26.3 Å². The van der Waals surface area contributed by atoms with Crippen molar-refractivity contribution >= 4 is 10.1 Å². The van der Waals surface area contributed by atoms with Crippen LogP contribution in [-0.4, -0.2) is 45.8 Å². The molecule has 0 radical (unpaired) electrons. The van der Waals surface area contributed by atoms with Crippen LogP contribution >= 0.6 is 0 Å². The molecule has 1 atom stereocenters. The van der Waals surface area contributed by atoms with Crippen molar-refractivity contribution in [2.24, 2.45) is 0 Å². The van der Waals surface area contributed by atoms with Gasteiger partial charge in [0.2, 0.25) is 0 Å². The van der Waals surface area contributed by atoms with Crippen LogP contribution in [0.15, 0.2) is 29.2 Å². The number of nitrogens with zero attached hydrogens (tertiary/aromatic N) is 1. The Morgan fingerprint density at radius 3 is 2.40 bits per heavy atom. The molecule has 1 fully saturated rings. The maximum absolute atomic E-state index is 12.3. The number of rotatable bonds is 5. The summed E-state index contributed by atoms with van der Waals surface area (Å²) in [6, 6.07) is 6.70. The lowest BCUT2D eigenvalue weighted by molar-refractivity contribution is -0.0442. The Kier molecular flexibility index (Phi) is 5.15. The van der Waals surface area contributed by atoms with Gasteiger partial charge in [0, 0.05) is 13.1 Å². The minimum Gasteiger partial charge on any atom is -0.379 e. The molecular weight excluding hydrogens is 278 g/mol. The molecule has 0 amide bonds. The van der Waals surface area contributed by atoms with E-state index in [-0.39, 0.29) is 4.90 Å². The van der Waals surface area contributed by atoms with Crippen LogP contribution in [-0.2, 0) is 19.0 Å². The third-order valence-electron chi connectivity index (χ3n) is 3.35. The van der Waals surface area contributed by atoms with E-state index < -0.39 is 16.3 Å². The molecule has 20 heavy (non-hydrogen) atoms. The van der Waals surface area contributed by atoms with E-state index in [0.717, 1.165) is 5.56 Å². The first-order chi connectivity index (χ1) is 9.53. The Labute approximate surface area is 120 Å². The normalized spacial score (nSPS) is 18.9. The monoisotopic (exact) mass is 299 g/mol. The predicted molar refractivity (Wildman–Crippen MR) is 75.9 cm³/mol. The summed E-state index contributed by atoms with van der Waals surface area (Å²) >= 11 is 0. The fraction of sp³-hybridized carbons (Fsp3) is 0.571. The van der Waals surface area contributed by atoms with Gasteiger partial charge in [0.1, 0.15) is 6.23 Å². The Hall–Kier alpha value is -0.950. The average Bonchev–Trinajstić information content (AvgIpc) is 2.46. The highest BCUT2D eigenvalue weighted by Crippen LogP contribution is 2.19. The van der Waals surface area contributed by atoms with Crippen LogP contribution in [0.3, 0.4) is 0 Å². The molecule has 5 nitrogen and oxygen atoms in total. The quantitative estimate of drug-likeness (QED) is 0.776. The van der Waals surface area contributed by atoms with Gasteiger partial charge in [-0.3, -0.25) is 4.90 Å². The summed E-state index contributed by atoms with van der Waals surface area (Å²) in [7, 11) is -3.72. The van der Waals surface area contributed by atoms with Gasteiger partial charge in [-0.2, -0.15) is 8.42 Å². The molecule has 1 aliphatic rings. The fourth-order valence-electron chi connectivity index (χ4n) is 2.16. The van der Waals surface area contributed by atoms with Gasteiger partial charge in [-0.1, -0.05) is 24.6 Å². The number of hydrogen-bond donors (Lipinski definition) is 0. The lowest BCUT2D eigenvalue weighted by Gasteiger charge is -2.32. The highest BCUT2D eigenvalue weighted by Gasteiger charge is 2.26. The highest BCUT2D eigenvalue weighted by atomic mass is 32.2. The molecule has 0 spiro atoms. The largest absolute Gasteiger partial charge is 0.379 e. The molecule has 1 aliphatic heterocycles. The fourth-order valence-corrected chi connectivity index (χ4v) is 3.29. The maximum Gasteiger partial charge on any atom is 0.298 e. The van der Waals surface area contributed by atoms with Gasteiger partial charge in [0.15, 0.2) is 0 Å². The predicted octanol–water partition coefficient (Wildman–Crippen LogP) is 1.77. The van der Waals surface area contributed by atoms with E-state index in [1.165, 1.54) is 0 Å². The molecule has 0 saturated carbocycles. The van der Waals surface area contributed by atoms with Gasteiger partial charge in [0.25, 0.3) is 10.1 Å². The van der Waals surface area contributed by atoms with Crippen molar-refractivity contribution < 1.29 is 17.3 Å². The maximum atomic E-state index is 12.3. The molecule has 0 N–H and O–H groups in total. The number of hydrogen-bond acceptors (Lipinski definition) is 5. The molecule has 112 valence electrons. The van der Waals surface area contributed by atoms with E-state index in [1.54, 1.807) is 24.3 Å². The summed E-state index contributed by atoms with van der Waals surface area (Å²) in [6.45, 7) is 6.46. The minimum atomic E-state index is -3.72. The highest BCUT2D eigenvalue weighted by molar-refractivity contribution is 7.86. The zero-order chi connectivity index (χ0) is 14.6. The average molecular weight is 299 g/mol. The van der Waals surface area contributed by atoms with Crippen LogP contribution in [0, 0.1) is 6.92 Å². The first-order valence-corrected chi connectivity index (χ1v) is 8.25. The van der Waals surface area contributed by atoms with E-state index in [9.17, 15) is 8.42 Å². The van der Waals surface area contributed by atoms with E-state index in [2.05, 4.69) is 0 Å². The van der Waals surface area contributed by atoms with Crippen LogP contribution in [0.25, 0.3) is 0 Å². The van der Waals surface area contributed by atoms with E-state index in [4.69, 9.17) is 8.92 Å². The lowest BCUT2D eigenvalue weighted by atomic mass is 10.2. The molecule has 0 bridgehead atoms. The van der Waals surface area contributed by atoms with Gasteiger partial charge in [-0.05, 0) is 25.5 Å². The Morgan fingerprint density at radius 1 is 1.25 bits per heavy atom. The standard InChI is InChI=1S/C14H21NO4S/c1-3-14(15-8-10-18-11-9-15)19-20(16,17)13-6-4-12(2)5-7-13/h4-7,14H,3,8-11H2,1-2H3. The first kappa shape index (κ1) is 15.4. The van der Waals surface area contributed by atoms with Gasteiger partial charge in [0.05, 0.1) is 18.1 Å². The molecule has 1 unspecified atom stereocenters. The van der Waals surface area contributed by atoms with Gasteiger partial charge in [-0.25, -0.2) is 4.18 Å². The molecule has 6 heteroatoms. The van der Waals surface area contributed by atoms with Crippen LogP contribution in [0.5, 0.6) is 0 Å². The van der Waals surface area contributed by atoms with Crippen molar-refractivity contribution in [1.29, 1.82) is 0 Å². The van der Waals surface area contributed by atoms with Crippen LogP contribution in [0.2, 0.25) is 0 Å². The summed E-state index contributed by atoms with van der Waals surface area (Å²) in [5, 5.41) is 0. The van der Waals surface area contributed by atoms with Crippen LogP contribution < -0.4 is 0 Å². The third kappa shape index (κ3) is 3.79. The second kappa shape index (κ2) is 6.67. The van der Waals surface area contributed by atoms with E-state index in [0.29, 0.717) is 32.7 Å². The van der Waals surface area contributed by atoms with Crippen LogP contribution in [0.4, 0.5) is 0 Å². The Morgan fingerprint density at radius 2 is 1.85 bits per heavy atom. The van der Waals surface area contributed by atoms with Crippen LogP contribution in [0.1, 0.15) is 18.9 Å². The number of aryl methyl sites for hydroxylation is 1. The van der Waals surface area contributed by atoms with Crippen molar-refractivity contribution in [3.05, 3.63) is 29.8 Å². The molecule has 2 rings (SSSR count). The summed E-state index contributed by atoms with van der Waals surface area (Å²) in [5.41, 5.74) is 1.02. The molecule has 0 aromatic heterocycles. The zero-order valence-corrected chi connectivity index (χ0v) is 12.7. The van der Waals surface area contributed by atoms with Gasteiger partial charge < -0.3 is 4.74 Å². The molecular formula is C14H21NO4S. The lowest BCUT2D eigenvalue weighted by Crippen LogP contribution is -2.45.